The van der Waals surface area contributed by atoms with Crippen molar-refractivity contribution in [1.82, 2.24) is 15.1 Å². The summed E-state index contributed by atoms with van der Waals surface area (Å²) in [6.45, 7) is 13.4. The molecule has 0 saturated carbocycles. The van der Waals surface area contributed by atoms with Gasteiger partial charge in [0.25, 0.3) is 0 Å². The van der Waals surface area contributed by atoms with Gasteiger partial charge in [-0.05, 0) is 38.0 Å². The summed E-state index contributed by atoms with van der Waals surface area (Å²) >= 11 is 0. The molecule has 24 heavy (non-hydrogen) atoms. The van der Waals surface area contributed by atoms with E-state index in [1.54, 1.807) is 0 Å². The monoisotopic (exact) mass is 333 g/mol. The van der Waals surface area contributed by atoms with Crippen molar-refractivity contribution in [2.75, 3.05) is 52.5 Å². The number of rotatable bonds is 7. The van der Waals surface area contributed by atoms with Crippen molar-refractivity contribution in [2.45, 2.75) is 32.9 Å². The maximum Gasteiger partial charge on any atom is 0.161 e. The minimum Gasteiger partial charge on any atom is -0.490 e. The molecule has 1 aromatic rings. The average Bonchev–Trinajstić information content (AvgIpc) is 3.07. The van der Waals surface area contributed by atoms with Gasteiger partial charge >= 0.3 is 0 Å². The van der Waals surface area contributed by atoms with Gasteiger partial charge in [-0.1, -0.05) is 6.07 Å². The molecular formula is C19H31N3O2. The van der Waals surface area contributed by atoms with E-state index in [1.165, 1.54) is 38.2 Å². The minimum absolute atomic E-state index is 0.665. The molecule has 2 aliphatic heterocycles. The van der Waals surface area contributed by atoms with Crippen LogP contribution in [0.2, 0.25) is 0 Å². The normalized spacial score (nSPS) is 22.7. The van der Waals surface area contributed by atoms with Crippen LogP contribution in [0.15, 0.2) is 18.2 Å². The van der Waals surface area contributed by atoms with Crippen LogP contribution in [0.4, 0.5) is 0 Å². The number of likely N-dealkylation sites (tertiary alicyclic amines) is 1. The molecule has 0 aliphatic carbocycles. The number of hydrogen-bond donors (Lipinski definition) is 1. The van der Waals surface area contributed by atoms with Gasteiger partial charge in [-0.2, -0.15) is 0 Å². The summed E-state index contributed by atoms with van der Waals surface area (Å²) in [4.78, 5) is 5.22. The number of benzene rings is 1. The summed E-state index contributed by atoms with van der Waals surface area (Å²) in [6.07, 6.45) is 1.29. The Morgan fingerprint density at radius 3 is 2.54 bits per heavy atom. The highest BCUT2D eigenvalue weighted by Crippen LogP contribution is 2.29. The van der Waals surface area contributed by atoms with Crippen LogP contribution in [-0.4, -0.2) is 68.3 Å². The predicted octanol–water partition coefficient (Wildman–Crippen LogP) is 1.96. The zero-order chi connectivity index (χ0) is 16.8. The molecular weight excluding hydrogens is 302 g/mol. The average molecular weight is 333 g/mol. The van der Waals surface area contributed by atoms with E-state index >= 15 is 0 Å². The molecule has 2 saturated heterocycles. The Morgan fingerprint density at radius 1 is 1.04 bits per heavy atom. The number of piperazine rings is 1. The van der Waals surface area contributed by atoms with Crippen LogP contribution in [0.3, 0.4) is 0 Å². The summed E-state index contributed by atoms with van der Waals surface area (Å²) in [5, 5.41) is 3.44. The lowest BCUT2D eigenvalue weighted by molar-refractivity contribution is 0.170. The molecule has 0 bridgehead atoms. The van der Waals surface area contributed by atoms with Gasteiger partial charge in [-0.25, -0.2) is 0 Å². The van der Waals surface area contributed by atoms with Crippen LogP contribution < -0.4 is 14.8 Å². The Balaban J connectivity index is 1.58. The van der Waals surface area contributed by atoms with Gasteiger partial charge in [-0.15, -0.1) is 0 Å². The largest absolute Gasteiger partial charge is 0.490 e. The van der Waals surface area contributed by atoms with Gasteiger partial charge < -0.3 is 14.8 Å². The van der Waals surface area contributed by atoms with E-state index < -0.39 is 0 Å². The van der Waals surface area contributed by atoms with Crippen molar-refractivity contribution < 1.29 is 9.47 Å². The van der Waals surface area contributed by atoms with Gasteiger partial charge in [0.15, 0.2) is 11.5 Å². The number of hydrogen-bond acceptors (Lipinski definition) is 5. The predicted molar refractivity (Wildman–Crippen MR) is 96.9 cm³/mol. The summed E-state index contributed by atoms with van der Waals surface area (Å²) in [5.41, 5.74) is 1.31. The zero-order valence-electron chi connectivity index (χ0n) is 15.1. The molecule has 3 rings (SSSR count). The Morgan fingerprint density at radius 2 is 1.79 bits per heavy atom. The zero-order valence-corrected chi connectivity index (χ0v) is 15.1. The van der Waals surface area contributed by atoms with E-state index in [1.807, 2.05) is 19.9 Å². The second-order valence-electron chi connectivity index (χ2n) is 6.61. The van der Waals surface area contributed by atoms with Crippen molar-refractivity contribution in [3.63, 3.8) is 0 Å². The molecule has 0 aromatic heterocycles. The third kappa shape index (κ3) is 4.41. The van der Waals surface area contributed by atoms with Gasteiger partial charge in [0, 0.05) is 51.9 Å². The fourth-order valence-corrected chi connectivity index (χ4v) is 3.75. The molecule has 1 unspecified atom stereocenters. The van der Waals surface area contributed by atoms with Gasteiger partial charge in [0.1, 0.15) is 0 Å². The lowest BCUT2D eigenvalue weighted by Gasteiger charge is -2.32. The van der Waals surface area contributed by atoms with Crippen molar-refractivity contribution in [3.05, 3.63) is 23.8 Å². The van der Waals surface area contributed by atoms with Crippen LogP contribution in [0, 0.1) is 0 Å². The molecule has 134 valence electrons. The molecule has 2 heterocycles. The maximum absolute atomic E-state index is 5.75. The van der Waals surface area contributed by atoms with Crippen molar-refractivity contribution in [2.24, 2.45) is 0 Å². The van der Waals surface area contributed by atoms with Crippen molar-refractivity contribution in [3.8, 4) is 11.5 Å². The second kappa shape index (κ2) is 8.70. The van der Waals surface area contributed by atoms with Crippen LogP contribution >= 0.6 is 0 Å². The summed E-state index contributed by atoms with van der Waals surface area (Å²) < 4.78 is 11.4. The topological polar surface area (TPSA) is 37.0 Å². The molecule has 0 amide bonds. The molecule has 5 nitrogen and oxygen atoms in total. The van der Waals surface area contributed by atoms with E-state index in [0.29, 0.717) is 13.2 Å². The van der Waals surface area contributed by atoms with Crippen molar-refractivity contribution in [1.29, 1.82) is 0 Å². The first-order chi connectivity index (χ1) is 11.8. The van der Waals surface area contributed by atoms with Crippen LogP contribution in [0.1, 0.15) is 25.8 Å². The summed E-state index contributed by atoms with van der Waals surface area (Å²) in [6, 6.07) is 7.09. The van der Waals surface area contributed by atoms with Crippen molar-refractivity contribution >= 4 is 0 Å². The molecule has 0 spiro atoms. The van der Waals surface area contributed by atoms with E-state index in [9.17, 15) is 0 Å². The fourth-order valence-electron chi connectivity index (χ4n) is 3.75. The molecule has 0 radical (unpaired) electrons. The number of nitrogens with zero attached hydrogens (tertiary/aromatic N) is 2. The van der Waals surface area contributed by atoms with Crippen LogP contribution in [0.25, 0.3) is 0 Å². The van der Waals surface area contributed by atoms with E-state index in [-0.39, 0.29) is 0 Å². The minimum atomic E-state index is 0.665. The lowest BCUT2D eigenvalue weighted by Crippen LogP contribution is -2.49. The second-order valence-corrected chi connectivity index (χ2v) is 6.61. The van der Waals surface area contributed by atoms with E-state index in [0.717, 1.165) is 37.2 Å². The summed E-state index contributed by atoms with van der Waals surface area (Å²) in [7, 11) is 0. The molecule has 5 heteroatoms. The molecule has 1 N–H and O–H groups in total. The molecule has 2 aliphatic rings. The fraction of sp³-hybridized carbons (Fsp3) is 0.684. The lowest BCUT2D eigenvalue weighted by atomic mass is 10.2. The maximum atomic E-state index is 5.75. The van der Waals surface area contributed by atoms with Gasteiger partial charge in [-0.3, -0.25) is 9.80 Å². The van der Waals surface area contributed by atoms with Crippen LogP contribution in [0.5, 0.6) is 11.5 Å². The Labute approximate surface area is 145 Å². The number of ether oxygens (including phenoxy) is 2. The van der Waals surface area contributed by atoms with Gasteiger partial charge in [0.05, 0.1) is 13.2 Å². The smallest absolute Gasteiger partial charge is 0.161 e. The third-order valence-corrected chi connectivity index (χ3v) is 4.93. The third-order valence-electron chi connectivity index (χ3n) is 4.93. The Kier molecular flexibility index (Phi) is 6.35. The van der Waals surface area contributed by atoms with Gasteiger partial charge in [0.2, 0.25) is 0 Å². The van der Waals surface area contributed by atoms with E-state index in [2.05, 4.69) is 27.2 Å². The highest BCUT2D eigenvalue weighted by atomic mass is 16.5. The highest BCUT2D eigenvalue weighted by molar-refractivity contribution is 5.43. The quantitative estimate of drug-likeness (QED) is 0.826. The Hall–Kier alpha value is -1.30. The number of nitrogens with one attached hydrogen (secondary N) is 1. The first-order valence-corrected chi connectivity index (χ1v) is 9.35. The SMILES string of the molecule is CCOc1ccc(CN2CCC(N3CCNCC3)C2)cc1OCC. The summed E-state index contributed by atoms with van der Waals surface area (Å²) in [5.74, 6) is 1.72. The first kappa shape index (κ1) is 17.5. The molecule has 1 aromatic carbocycles. The van der Waals surface area contributed by atoms with Crippen LogP contribution in [-0.2, 0) is 6.54 Å². The highest BCUT2D eigenvalue weighted by Gasteiger charge is 2.28. The first-order valence-electron chi connectivity index (χ1n) is 9.35. The standard InChI is InChI=1S/C19H31N3O2/c1-3-23-18-6-5-16(13-19(18)24-4-2)14-21-10-7-17(15-21)22-11-8-20-9-12-22/h5-6,13,17,20H,3-4,7-12,14-15H2,1-2H3. The molecule has 1 atom stereocenters. The van der Waals surface area contributed by atoms with E-state index in [4.69, 9.17) is 9.47 Å². The Bertz CT molecular complexity index is 517. The molecule has 2 fully saturated rings.